The largest absolute Gasteiger partial charge is 0.308 e. The van der Waals surface area contributed by atoms with Gasteiger partial charge in [0.25, 0.3) is 0 Å². The average Bonchev–Trinajstić information content (AvgIpc) is 2.86. The summed E-state index contributed by atoms with van der Waals surface area (Å²) in [5.74, 6) is 0. The second-order valence-electron chi connectivity index (χ2n) is 4.76. The summed E-state index contributed by atoms with van der Waals surface area (Å²) in [5, 5.41) is 13.7. The Morgan fingerprint density at radius 2 is 1.90 bits per heavy atom. The molecule has 3 aromatic rings. The lowest BCUT2D eigenvalue weighted by atomic mass is 10.00. The molecule has 0 radical (unpaired) electrons. The van der Waals surface area contributed by atoms with Crippen LogP contribution in [0, 0.1) is 0 Å². The van der Waals surface area contributed by atoms with Gasteiger partial charge in [-0.1, -0.05) is 39.3 Å². The summed E-state index contributed by atoms with van der Waals surface area (Å²) in [6.45, 7) is 0. The van der Waals surface area contributed by atoms with E-state index in [9.17, 15) is 0 Å². The van der Waals surface area contributed by atoms with E-state index in [1.165, 1.54) is 16.3 Å². The zero-order valence-electron chi connectivity index (χ0n) is 11.3. The lowest BCUT2D eigenvalue weighted by molar-refractivity contribution is 0.598. The van der Waals surface area contributed by atoms with Gasteiger partial charge in [0.15, 0.2) is 0 Å². The molecule has 0 saturated heterocycles. The first-order valence-corrected chi connectivity index (χ1v) is 7.19. The van der Waals surface area contributed by atoms with Gasteiger partial charge in [-0.25, -0.2) is 0 Å². The zero-order valence-corrected chi connectivity index (χ0v) is 12.9. The Hall–Kier alpha value is -1.72. The van der Waals surface area contributed by atoms with Gasteiger partial charge in [-0.05, 0) is 41.6 Å². The van der Waals surface area contributed by atoms with Crippen molar-refractivity contribution >= 4 is 26.7 Å². The topological polar surface area (TPSA) is 42.7 Å². The molecule has 1 heterocycles. The first-order valence-electron chi connectivity index (χ1n) is 6.40. The molecule has 0 aliphatic carbocycles. The van der Waals surface area contributed by atoms with Crippen LogP contribution in [0.5, 0.6) is 0 Å². The minimum Gasteiger partial charge on any atom is -0.308 e. The van der Waals surface area contributed by atoms with Crippen molar-refractivity contribution in [2.75, 3.05) is 7.05 Å². The maximum atomic E-state index is 4.01. The van der Waals surface area contributed by atoms with Gasteiger partial charge >= 0.3 is 0 Å². The second-order valence-corrected chi connectivity index (χ2v) is 5.67. The fourth-order valence-corrected chi connectivity index (χ4v) is 2.84. The van der Waals surface area contributed by atoms with Gasteiger partial charge in [0, 0.05) is 11.5 Å². The normalized spacial score (nSPS) is 12.8. The van der Waals surface area contributed by atoms with E-state index in [0.717, 1.165) is 10.2 Å². The van der Waals surface area contributed by atoms with Gasteiger partial charge in [0.05, 0.1) is 17.9 Å². The number of nitrogens with one attached hydrogen (secondary N) is 1. The molecule has 102 valence electrons. The Labute approximate surface area is 125 Å². The molecule has 4 nitrogen and oxygen atoms in total. The standard InChI is InChI=1S/C15H15BrN4/c1-17-15(14-9-18-19-20(14)2)12-4-3-11-8-13(16)6-5-10(11)7-12/h3-9,15,17H,1-2H3. The van der Waals surface area contributed by atoms with E-state index in [1.807, 2.05) is 14.1 Å². The molecule has 0 aliphatic heterocycles. The third-order valence-electron chi connectivity index (χ3n) is 3.49. The van der Waals surface area contributed by atoms with E-state index in [-0.39, 0.29) is 6.04 Å². The first-order chi connectivity index (χ1) is 9.69. The molecule has 0 fully saturated rings. The van der Waals surface area contributed by atoms with Gasteiger partial charge < -0.3 is 5.32 Å². The summed E-state index contributed by atoms with van der Waals surface area (Å²) in [5.41, 5.74) is 2.25. The minimum atomic E-state index is 0.0862. The molecule has 2 aromatic carbocycles. The second kappa shape index (κ2) is 5.34. The number of hydrogen-bond donors (Lipinski definition) is 1. The van der Waals surface area contributed by atoms with E-state index in [1.54, 1.807) is 10.9 Å². The fourth-order valence-electron chi connectivity index (χ4n) is 2.46. The minimum absolute atomic E-state index is 0.0862. The Bertz CT molecular complexity index is 750. The Balaban J connectivity index is 2.08. The lowest BCUT2D eigenvalue weighted by Gasteiger charge is -2.17. The van der Waals surface area contributed by atoms with E-state index in [2.05, 4.69) is 68.0 Å². The van der Waals surface area contributed by atoms with Gasteiger partial charge in [-0.15, -0.1) is 5.10 Å². The van der Waals surface area contributed by atoms with Crippen molar-refractivity contribution in [3.63, 3.8) is 0 Å². The number of rotatable bonds is 3. The van der Waals surface area contributed by atoms with Crippen LogP contribution in [0.25, 0.3) is 10.8 Å². The summed E-state index contributed by atoms with van der Waals surface area (Å²) >= 11 is 3.50. The monoisotopic (exact) mass is 330 g/mol. The van der Waals surface area contributed by atoms with Gasteiger partial charge in [-0.2, -0.15) is 0 Å². The Morgan fingerprint density at radius 1 is 1.15 bits per heavy atom. The predicted octanol–water partition coefficient (Wildman–Crippen LogP) is 3.04. The van der Waals surface area contributed by atoms with Crippen LogP contribution in [0.15, 0.2) is 47.1 Å². The molecule has 1 atom stereocenters. The van der Waals surface area contributed by atoms with Crippen LogP contribution in [0.4, 0.5) is 0 Å². The molecular formula is C15H15BrN4. The Kier molecular flexibility index (Phi) is 3.54. The smallest absolute Gasteiger partial charge is 0.0798 e. The van der Waals surface area contributed by atoms with Crippen molar-refractivity contribution in [3.8, 4) is 0 Å². The zero-order chi connectivity index (χ0) is 14.1. The quantitative estimate of drug-likeness (QED) is 0.802. The van der Waals surface area contributed by atoms with Crippen molar-refractivity contribution in [1.82, 2.24) is 20.3 Å². The summed E-state index contributed by atoms with van der Waals surface area (Å²) < 4.78 is 2.89. The molecule has 5 heteroatoms. The molecular weight excluding hydrogens is 316 g/mol. The molecule has 0 amide bonds. The molecule has 20 heavy (non-hydrogen) atoms. The Morgan fingerprint density at radius 3 is 2.60 bits per heavy atom. The molecule has 3 rings (SSSR count). The van der Waals surface area contributed by atoms with Gasteiger partial charge in [0.2, 0.25) is 0 Å². The highest BCUT2D eigenvalue weighted by molar-refractivity contribution is 9.10. The average molecular weight is 331 g/mol. The fraction of sp³-hybridized carbons (Fsp3) is 0.200. The number of halogens is 1. The van der Waals surface area contributed by atoms with Gasteiger partial charge in [0.1, 0.15) is 0 Å². The van der Waals surface area contributed by atoms with Crippen LogP contribution in [0.1, 0.15) is 17.3 Å². The molecule has 0 spiro atoms. The number of nitrogens with zero attached hydrogens (tertiary/aromatic N) is 3. The van der Waals surface area contributed by atoms with Crippen LogP contribution >= 0.6 is 15.9 Å². The lowest BCUT2D eigenvalue weighted by Crippen LogP contribution is -2.20. The van der Waals surface area contributed by atoms with Crippen LogP contribution in [-0.4, -0.2) is 22.0 Å². The van der Waals surface area contributed by atoms with Crippen molar-refractivity contribution in [1.29, 1.82) is 0 Å². The summed E-state index contributed by atoms with van der Waals surface area (Å²) in [7, 11) is 3.86. The number of hydrogen-bond acceptors (Lipinski definition) is 3. The molecule has 1 N–H and O–H groups in total. The van der Waals surface area contributed by atoms with E-state index >= 15 is 0 Å². The molecule has 1 aromatic heterocycles. The summed E-state index contributed by atoms with van der Waals surface area (Å²) in [4.78, 5) is 0. The predicted molar refractivity (Wildman–Crippen MR) is 83.6 cm³/mol. The third kappa shape index (κ3) is 2.34. The van der Waals surface area contributed by atoms with E-state index in [0.29, 0.717) is 0 Å². The van der Waals surface area contributed by atoms with Crippen LogP contribution in [-0.2, 0) is 7.05 Å². The van der Waals surface area contributed by atoms with Crippen LogP contribution < -0.4 is 5.32 Å². The van der Waals surface area contributed by atoms with Crippen molar-refractivity contribution in [3.05, 3.63) is 58.3 Å². The van der Waals surface area contributed by atoms with Crippen molar-refractivity contribution in [2.45, 2.75) is 6.04 Å². The van der Waals surface area contributed by atoms with Crippen LogP contribution in [0.3, 0.4) is 0 Å². The van der Waals surface area contributed by atoms with Crippen molar-refractivity contribution < 1.29 is 0 Å². The number of benzene rings is 2. The highest BCUT2D eigenvalue weighted by atomic mass is 79.9. The first kappa shape index (κ1) is 13.3. The maximum Gasteiger partial charge on any atom is 0.0798 e. The highest BCUT2D eigenvalue weighted by Crippen LogP contribution is 2.26. The third-order valence-corrected chi connectivity index (χ3v) is 3.99. The number of aromatic nitrogens is 3. The van der Waals surface area contributed by atoms with Gasteiger partial charge in [-0.3, -0.25) is 4.68 Å². The van der Waals surface area contributed by atoms with E-state index < -0.39 is 0 Å². The number of aryl methyl sites for hydroxylation is 1. The maximum absolute atomic E-state index is 4.01. The molecule has 0 saturated carbocycles. The molecule has 1 unspecified atom stereocenters. The van der Waals surface area contributed by atoms with E-state index in [4.69, 9.17) is 0 Å². The molecule has 0 bridgehead atoms. The number of fused-ring (bicyclic) bond motifs is 1. The summed E-state index contributed by atoms with van der Waals surface area (Å²) in [6.07, 6.45) is 1.80. The highest BCUT2D eigenvalue weighted by Gasteiger charge is 2.16. The van der Waals surface area contributed by atoms with Crippen molar-refractivity contribution in [2.24, 2.45) is 7.05 Å². The molecule has 0 aliphatic rings. The summed E-state index contributed by atoms with van der Waals surface area (Å²) in [6, 6.07) is 12.9. The van der Waals surface area contributed by atoms with Crippen LogP contribution in [0.2, 0.25) is 0 Å². The SMILES string of the molecule is CNC(c1ccc2cc(Br)ccc2c1)c1cnnn1C.